The highest BCUT2D eigenvalue weighted by atomic mass is 32.2. The van der Waals surface area contributed by atoms with Crippen LogP contribution in [-0.2, 0) is 21.4 Å². The van der Waals surface area contributed by atoms with Crippen LogP contribution in [0.5, 0.6) is 0 Å². The lowest BCUT2D eigenvalue weighted by atomic mass is 10.2. The normalized spacial score (nSPS) is 17.1. The molecule has 1 aromatic rings. The zero-order valence-corrected chi connectivity index (χ0v) is 13.4. The molecule has 1 heterocycles. The van der Waals surface area contributed by atoms with E-state index in [2.05, 4.69) is 4.72 Å². The van der Waals surface area contributed by atoms with Gasteiger partial charge in [0.2, 0.25) is 10.0 Å². The molecule has 1 fully saturated rings. The molecule has 21 heavy (non-hydrogen) atoms. The fourth-order valence-electron chi connectivity index (χ4n) is 2.48. The Hall–Kier alpha value is -0.890. The third kappa shape index (κ3) is 4.06. The summed E-state index contributed by atoms with van der Waals surface area (Å²) in [5.41, 5.74) is 0.650. The molecule has 1 atom stereocenters. The zero-order chi connectivity index (χ0) is 15.5. The summed E-state index contributed by atoms with van der Waals surface area (Å²) < 4.78 is 34.5. The first-order valence-electron chi connectivity index (χ1n) is 7.34. The third-order valence-corrected chi connectivity index (χ3v) is 5.13. The van der Waals surface area contributed by atoms with Gasteiger partial charge in [-0.2, -0.15) is 0 Å². The van der Waals surface area contributed by atoms with Gasteiger partial charge in [0.05, 0.1) is 18.1 Å². The molecule has 7 heteroatoms. The van der Waals surface area contributed by atoms with E-state index in [1.54, 1.807) is 19.4 Å². The lowest BCUT2D eigenvalue weighted by molar-refractivity contribution is 0.171. The summed E-state index contributed by atoms with van der Waals surface area (Å²) in [5.74, 6) is 0. The fourth-order valence-corrected chi connectivity index (χ4v) is 3.78. The van der Waals surface area contributed by atoms with Crippen molar-refractivity contribution in [1.82, 2.24) is 9.29 Å². The first-order chi connectivity index (χ1) is 10.0. The van der Waals surface area contributed by atoms with Crippen LogP contribution in [0.4, 0.5) is 0 Å². The number of hydrogen-bond donors (Lipinski definition) is 2. The van der Waals surface area contributed by atoms with Gasteiger partial charge >= 0.3 is 0 Å². The van der Waals surface area contributed by atoms with Crippen LogP contribution >= 0.6 is 0 Å². The summed E-state index contributed by atoms with van der Waals surface area (Å²) in [7, 11) is -2.02. The van der Waals surface area contributed by atoms with Gasteiger partial charge in [0.15, 0.2) is 0 Å². The average molecular weight is 316 g/mol. The summed E-state index contributed by atoms with van der Waals surface area (Å²) >= 11 is 0. The molecule has 0 aromatic carbocycles. The van der Waals surface area contributed by atoms with Crippen molar-refractivity contribution in [2.75, 3.05) is 13.7 Å². The maximum Gasteiger partial charge on any atom is 0.242 e. The lowest BCUT2D eigenvalue weighted by Crippen LogP contribution is -2.37. The van der Waals surface area contributed by atoms with Gasteiger partial charge < -0.3 is 14.4 Å². The molecular weight excluding hydrogens is 292 g/mol. The maximum absolute atomic E-state index is 12.5. The molecule has 6 nitrogen and oxygen atoms in total. The molecule has 0 amide bonds. The number of methoxy groups -OCH3 is 1. The number of hydrogen-bond acceptors (Lipinski definition) is 4. The molecule has 2 rings (SSSR count). The number of aromatic nitrogens is 1. The number of nitrogens with one attached hydrogen (secondary N) is 1. The zero-order valence-electron chi connectivity index (χ0n) is 12.6. The van der Waals surface area contributed by atoms with Crippen molar-refractivity contribution < 1.29 is 18.3 Å². The average Bonchev–Trinajstić information content (AvgIpc) is 3.17. The van der Waals surface area contributed by atoms with Gasteiger partial charge in [0, 0.05) is 31.1 Å². The summed E-state index contributed by atoms with van der Waals surface area (Å²) in [6.07, 6.45) is 5.31. The number of nitrogens with zero attached hydrogens (tertiary/aromatic N) is 1. The largest absolute Gasteiger partial charge is 0.390 e. The molecule has 2 N–H and O–H groups in total. The van der Waals surface area contributed by atoms with Crippen LogP contribution in [0.1, 0.15) is 44.3 Å². The number of ether oxygens (including phenoxy) is 1. The van der Waals surface area contributed by atoms with Crippen molar-refractivity contribution in [3.05, 3.63) is 18.0 Å². The first-order valence-corrected chi connectivity index (χ1v) is 8.83. The van der Waals surface area contributed by atoms with Gasteiger partial charge in [-0.3, -0.25) is 0 Å². The fraction of sp³-hybridized carbons (Fsp3) is 0.714. The predicted molar refractivity (Wildman–Crippen MR) is 79.5 cm³/mol. The Kier molecular flexibility index (Phi) is 5.43. The van der Waals surface area contributed by atoms with Crippen molar-refractivity contribution in [3.63, 3.8) is 0 Å². The van der Waals surface area contributed by atoms with E-state index in [0.29, 0.717) is 18.3 Å². The van der Waals surface area contributed by atoms with Gasteiger partial charge in [-0.25, -0.2) is 13.1 Å². The molecule has 0 aliphatic heterocycles. The number of rotatable bonds is 9. The Balaban J connectivity index is 2.18. The molecule has 1 saturated carbocycles. The van der Waals surface area contributed by atoms with E-state index in [0.717, 1.165) is 25.7 Å². The van der Waals surface area contributed by atoms with Crippen LogP contribution in [0.25, 0.3) is 0 Å². The highest BCUT2D eigenvalue weighted by Crippen LogP contribution is 2.37. The Morgan fingerprint density at radius 1 is 1.52 bits per heavy atom. The van der Waals surface area contributed by atoms with E-state index in [9.17, 15) is 13.5 Å². The Morgan fingerprint density at radius 2 is 2.24 bits per heavy atom. The highest BCUT2D eigenvalue weighted by molar-refractivity contribution is 7.89. The smallest absolute Gasteiger partial charge is 0.242 e. The summed E-state index contributed by atoms with van der Waals surface area (Å²) in [6.45, 7) is 2.20. The molecule has 1 aliphatic rings. The molecule has 1 aromatic heterocycles. The second kappa shape index (κ2) is 6.91. The maximum atomic E-state index is 12.5. The van der Waals surface area contributed by atoms with Gasteiger partial charge in [0.1, 0.15) is 0 Å². The van der Waals surface area contributed by atoms with Crippen LogP contribution in [-0.4, -0.2) is 37.8 Å². The molecule has 0 bridgehead atoms. The minimum Gasteiger partial charge on any atom is -0.390 e. The minimum absolute atomic E-state index is 0.150. The van der Waals surface area contributed by atoms with Gasteiger partial charge in [-0.1, -0.05) is 13.3 Å². The standard InChI is InChI=1S/C14H24N2O4S/c1-3-4-11(10-20-2)15-21(18,19)14-7-13(9-17)16(8-14)12-5-6-12/h7-8,11-12,15,17H,3-6,9-10H2,1-2H3. The Bertz CT molecular complexity index is 558. The molecule has 0 spiro atoms. The lowest BCUT2D eigenvalue weighted by Gasteiger charge is -2.16. The first kappa shape index (κ1) is 16.5. The number of aliphatic hydroxyl groups excluding tert-OH is 1. The van der Waals surface area contributed by atoms with Crippen LogP contribution in [0, 0.1) is 0 Å². The van der Waals surface area contributed by atoms with Crippen LogP contribution in [0.15, 0.2) is 17.2 Å². The van der Waals surface area contributed by atoms with E-state index < -0.39 is 10.0 Å². The quantitative estimate of drug-likeness (QED) is 0.722. The Morgan fingerprint density at radius 3 is 2.76 bits per heavy atom. The van der Waals surface area contributed by atoms with Gasteiger partial charge in [0.25, 0.3) is 0 Å². The summed E-state index contributed by atoms with van der Waals surface area (Å²) in [6, 6.07) is 1.66. The SMILES string of the molecule is CCCC(COC)NS(=O)(=O)c1cc(CO)n(C2CC2)c1. The second-order valence-corrected chi connectivity index (χ2v) is 7.24. The molecule has 120 valence electrons. The molecule has 1 aliphatic carbocycles. The van der Waals surface area contributed by atoms with Crippen LogP contribution < -0.4 is 4.72 Å². The van der Waals surface area contributed by atoms with Crippen molar-refractivity contribution in [2.45, 2.75) is 56.2 Å². The molecule has 0 saturated heterocycles. The van der Waals surface area contributed by atoms with Gasteiger partial charge in [-0.05, 0) is 25.3 Å². The number of sulfonamides is 1. The van der Waals surface area contributed by atoms with E-state index in [1.165, 1.54) is 0 Å². The van der Waals surface area contributed by atoms with Crippen molar-refractivity contribution >= 4 is 10.0 Å². The summed E-state index contributed by atoms with van der Waals surface area (Å²) in [5, 5.41) is 9.37. The van der Waals surface area contributed by atoms with Crippen molar-refractivity contribution in [1.29, 1.82) is 0 Å². The minimum atomic E-state index is -3.58. The second-order valence-electron chi connectivity index (χ2n) is 5.53. The van der Waals surface area contributed by atoms with Crippen LogP contribution in [0.2, 0.25) is 0 Å². The monoisotopic (exact) mass is 316 g/mol. The van der Waals surface area contributed by atoms with Crippen LogP contribution in [0.3, 0.4) is 0 Å². The third-order valence-electron chi connectivity index (χ3n) is 3.65. The molecule has 1 unspecified atom stereocenters. The van der Waals surface area contributed by atoms with E-state index in [4.69, 9.17) is 4.74 Å². The van der Waals surface area contributed by atoms with E-state index in [1.807, 2.05) is 11.5 Å². The molecular formula is C14H24N2O4S. The van der Waals surface area contributed by atoms with Crippen molar-refractivity contribution in [2.24, 2.45) is 0 Å². The van der Waals surface area contributed by atoms with E-state index in [-0.39, 0.29) is 17.5 Å². The van der Waals surface area contributed by atoms with E-state index >= 15 is 0 Å². The van der Waals surface area contributed by atoms with Gasteiger partial charge in [-0.15, -0.1) is 0 Å². The predicted octanol–water partition coefficient (Wildman–Crippen LogP) is 1.41. The topological polar surface area (TPSA) is 80.6 Å². The molecule has 0 radical (unpaired) electrons. The highest BCUT2D eigenvalue weighted by Gasteiger charge is 2.28. The summed E-state index contributed by atoms with van der Waals surface area (Å²) in [4.78, 5) is 0.218. The van der Waals surface area contributed by atoms with Crippen molar-refractivity contribution in [3.8, 4) is 0 Å². The number of aliphatic hydroxyl groups is 1. The Labute approximate surface area is 126 Å².